The molecule has 0 spiro atoms. The van der Waals surface area contributed by atoms with E-state index in [1.807, 2.05) is 36.4 Å². The average Bonchev–Trinajstić information content (AvgIpc) is 3.40. The number of ether oxygens (including phenoxy) is 1. The molecule has 9 nitrogen and oxygen atoms in total. The number of carbonyl (C=O) groups is 1. The van der Waals surface area contributed by atoms with Gasteiger partial charge in [-0.05, 0) is 61.0 Å². The molecule has 1 N–H and O–H groups in total. The first kappa shape index (κ1) is 21.7. The molecule has 0 bridgehead atoms. The van der Waals surface area contributed by atoms with E-state index in [-0.39, 0.29) is 5.78 Å². The van der Waals surface area contributed by atoms with Crippen LogP contribution in [0.5, 0.6) is 0 Å². The lowest BCUT2D eigenvalue weighted by atomic mass is 10.0. The largest absolute Gasteiger partial charge is 0.378 e. The van der Waals surface area contributed by atoms with Crippen LogP contribution >= 0.6 is 0 Å². The molecule has 1 aliphatic rings. The van der Waals surface area contributed by atoms with Gasteiger partial charge in [0.1, 0.15) is 5.78 Å². The number of nitrogens with zero attached hydrogens (tertiary/aromatic N) is 6. The Morgan fingerprint density at radius 1 is 1.03 bits per heavy atom. The number of nitrogens with one attached hydrogen (secondary N) is 1. The summed E-state index contributed by atoms with van der Waals surface area (Å²) in [5, 5.41) is 11.1. The van der Waals surface area contributed by atoms with E-state index in [2.05, 4.69) is 37.6 Å². The van der Waals surface area contributed by atoms with E-state index in [9.17, 15) is 4.79 Å². The number of aromatic nitrogens is 5. The normalized spacial score (nSPS) is 13.6. The molecular formula is C25H25N7O2. The Kier molecular flexibility index (Phi) is 6.26. The standard InChI is InChI=1S/C25H25N7O2/c1-18(33)14-19-15-20(17-23(16-19)31-10-12-34-13-11-31)24-6-7-26-25(29-24)28-21-2-4-22(5-3-21)32-9-8-27-30-32/h2-9,15-17H,10-14H2,1H3,(H,26,28,29). The molecule has 2 aromatic heterocycles. The van der Waals surface area contributed by atoms with Crippen molar-refractivity contribution in [3.05, 3.63) is 72.7 Å². The molecule has 3 heterocycles. The van der Waals surface area contributed by atoms with Crippen molar-refractivity contribution in [3.63, 3.8) is 0 Å². The molecule has 1 aliphatic heterocycles. The maximum atomic E-state index is 11.8. The third kappa shape index (κ3) is 5.10. The van der Waals surface area contributed by atoms with E-state index in [4.69, 9.17) is 9.72 Å². The monoisotopic (exact) mass is 455 g/mol. The van der Waals surface area contributed by atoms with E-state index >= 15 is 0 Å². The number of benzene rings is 2. The van der Waals surface area contributed by atoms with Crippen molar-refractivity contribution in [3.8, 4) is 16.9 Å². The van der Waals surface area contributed by atoms with Gasteiger partial charge in [-0.25, -0.2) is 14.6 Å². The molecule has 9 heteroatoms. The first-order chi connectivity index (χ1) is 16.6. The Morgan fingerprint density at radius 3 is 2.59 bits per heavy atom. The third-order valence-electron chi connectivity index (χ3n) is 5.57. The maximum absolute atomic E-state index is 11.8. The predicted molar refractivity (Wildman–Crippen MR) is 130 cm³/mol. The number of anilines is 3. The van der Waals surface area contributed by atoms with Crippen LogP contribution in [0.4, 0.5) is 17.3 Å². The van der Waals surface area contributed by atoms with Crippen molar-refractivity contribution in [2.75, 3.05) is 36.5 Å². The molecule has 1 fully saturated rings. The van der Waals surface area contributed by atoms with Gasteiger partial charge in [-0.15, -0.1) is 5.10 Å². The minimum atomic E-state index is 0.129. The highest BCUT2D eigenvalue weighted by molar-refractivity contribution is 5.80. The van der Waals surface area contributed by atoms with Crippen LogP contribution in [0.25, 0.3) is 16.9 Å². The van der Waals surface area contributed by atoms with Crippen LogP contribution < -0.4 is 10.2 Å². The zero-order valence-electron chi connectivity index (χ0n) is 18.9. The van der Waals surface area contributed by atoms with Crippen LogP contribution in [0.15, 0.2) is 67.1 Å². The molecular weight excluding hydrogens is 430 g/mol. The van der Waals surface area contributed by atoms with E-state index in [0.29, 0.717) is 25.6 Å². The molecule has 172 valence electrons. The molecule has 0 atom stereocenters. The highest BCUT2D eigenvalue weighted by Crippen LogP contribution is 2.28. The van der Waals surface area contributed by atoms with Crippen molar-refractivity contribution in [1.82, 2.24) is 25.0 Å². The quantitative estimate of drug-likeness (QED) is 0.453. The van der Waals surface area contributed by atoms with Gasteiger partial charge in [0.25, 0.3) is 0 Å². The number of carbonyl (C=O) groups excluding carboxylic acids is 1. The SMILES string of the molecule is CC(=O)Cc1cc(-c2ccnc(Nc3ccc(-n4ccnn4)cc3)n2)cc(N2CCOCC2)c1. The highest BCUT2D eigenvalue weighted by Gasteiger charge is 2.15. The van der Waals surface area contributed by atoms with Crippen molar-refractivity contribution in [2.45, 2.75) is 13.3 Å². The van der Waals surface area contributed by atoms with E-state index in [0.717, 1.165) is 47.0 Å². The van der Waals surface area contributed by atoms with Gasteiger partial charge < -0.3 is 15.0 Å². The summed E-state index contributed by atoms with van der Waals surface area (Å²) < 4.78 is 7.19. The molecule has 0 aliphatic carbocycles. The lowest BCUT2D eigenvalue weighted by molar-refractivity contribution is -0.116. The minimum Gasteiger partial charge on any atom is -0.378 e. The number of rotatable bonds is 7. The lowest BCUT2D eigenvalue weighted by Gasteiger charge is -2.29. The van der Waals surface area contributed by atoms with Crippen LogP contribution in [0.1, 0.15) is 12.5 Å². The van der Waals surface area contributed by atoms with E-state index in [1.54, 1.807) is 30.2 Å². The first-order valence-corrected chi connectivity index (χ1v) is 11.2. The van der Waals surface area contributed by atoms with E-state index in [1.165, 1.54) is 0 Å². The fourth-order valence-corrected chi connectivity index (χ4v) is 3.97. The van der Waals surface area contributed by atoms with Crippen molar-refractivity contribution in [2.24, 2.45) is 0 Å². The molecule has 4 aromatic rings. The van der Waals surface area contributed by atoms with Crippen LogP contribution in [-0.4, -0.2) is 57.0 Å². The number of Topliss-reactive ketones (excluding diaryl/α,β-unsaturated/α-hetero) is 1. The summed E-state index contributed by atoms with van der Waals surface area (Å²) in [6.07, 6.45) is 5.56. The topological polar surface area (TPSA) is 98.1 Å². The second-order valence-corrected chi connectivity index (χ2v) is 8.15. The van der Waals surface area contributed by atoms with Crippen molar-refractivity contribution >= 4 is 23.1 Å². The van der Waals surface area contributed by atoms with Crippen molar-refractivity contribution in [1.29, 1.82) is 0 Å². The van der Waals surface area contributed by atoms with Gasteiger partial charge >= 0.3 is 0 Å². The fourth-order valence-electron chi connectivity index (χ4n) is 3.97. The van der Waals surface area contributed by atoms with Gasteiger partial charge in [0.15, 0.2) is 0 Å². The van der Waals surface area contributed by atoms with Gasteiger partial charge in [-0.1, -0.05) is 5.21 Å². The molecule has 0 saturated carbocycles. The minimum absolute atomic E-state index is 0.129. The van der Waals surface area contributed by atoms with Gasteiger partial charge in [-0.2, -0.15) is 0 Å². The maximum Gasteiger partial charge on any atom is 0.227 e. The second kappa shape index (κ2) is 9.80. The summed E-state index contributed by atoms with van der Waals surface area (Å²) in [6, 6.07) is 15.9. The summed E-state index contributed by atoms with van der Waals surface area (Å²) in [4.78, 5) is 23.2. The van der Waals surface area contributed by atoms with Gasteiger partial charge in [-0.3, -0.25) is 4.79 Å². The molecule has 0 amide bonds. The van der Waals surface area contributed by atoms with Crippen molar-refractivity contribution < 1.29 is 9.53 Å². The zero-order valence-corrected chi connectivity index (χ0v) is 18.9. The fraction of sp³-hybridized carbons (Fsp3) is 0.240. The first-order valence-electron chi connectivity index (χ1n) is 11.2. The average molecular weight is 456 g/mol. The molecule has 0 unspecified atom stereocenters. The summed E-state index contributed by atoms with van der Waals surface area (Å²) in [7, 11) is 0. The van der Waals surface area contributed by atoms with E-state index < -0.39 is 0 Å². The summed E-state index contributed by atoms with van der Waals surface area (Å²) >= 11 is 0. The number of ketones is 1. The Labute approximate surface area is 197 Å². The van der Waals surface area contributed by atoms with Crippen LogP contribution in [0.2, 0.25) is 0 Å². The predicted octanol–water partition coefficient (Wildman–Crippen LogP) is 3.44. The second-order valence-electron chi connectivity index (χ2n) is 8.15. The number of hydrogen-bond donors (Lipinski definition) is 1. The molecule has 2 aromatic carbocycles. The number of hydrogen-bond acceptors (Lipinski definition) is 8. The van der Waals surface area contributed by atoms with Gasteiger partial charge in [0.05, 0.1) is 37.0 Å². The highest BCUT2D eigenvalue weighted by atomic mass is 16.5. The summed E-state index contributed by atoms with van der Waals surface area (Å²) in [5.74, 6) is 0.625. The Hall–Kier alpha value is -4.11. The summed E-state index contributed by atoms with van der Waals surface area (Å²) in [5.41, 5.74) is 5.57. The Balaban J connectivity index is 1.41. The number of morpholine rings is 1. The van der Waals surface area contributed by atoms with Gasteiger partial charge in [0, 0.05) is 42.6 Å². The summed E-state index contributed by atoms with van der Waals surface area (Å²) in [6.45, 7) is 4.66. The third-order valence-corrected chi connectivity index (χ3v) is 5.57. The Morgan fingerprint density at radius 2 is 1.85 bits per heavy atom. The molecule has 1 saturated heterocycles. The molecule has 0 radical (unpaired) electrons. The lowest BCUT2D eigenvalue weighted by Crippen LogP contribution is -2.36. The van der Waals surface area contributed by atoms with Crippen LogP contribution in [0.3, 0.4) is 0 Å². The molecule has 34 heavy (non-hydrogen) atoms. The van der Waals surface area contributed by atoms with Crippen LogP contribution in [-0.2, 0) is 16.0 Å². The van der Waals surface area contributed by atoms with Crippen LogP contribution in [0, 0.1) is 0 Å². The Bertz CT molecular complexity index is 1270. The van der Waals surface area contributed by atoms with Gasteiger partial charge in [0.2, 0.25) is 5.95 Å². The smallest absolute Gasteiger partial charge is 0.227 e. The molecule has 5 rings (SSSR count). The zero-order chi connectivity index (χ0) is 23.3.